The van der Waals surface area contributed by atoms with Crippen molar-refractivity contribution in [2.75, 3.05) is 0 Å². The monoisotopic (exact) mass is 430 g/mol. The number of rotatable bonds is 3. The van der Waals surface area contributed by atoms with Crippen LogP contribution in [0.1, 0.15) is 21.5 Å². The van der Waals surface area contributed by atoms with Crippen molar-refractivity contribution in [3.05, 3.63) is 68.1 Å². The number of hydrogen-bond donors (Lipinski definition) is 0. The molecule has 0 fully saturated rings. The number of alkyl halides is 1. The molecule has 2 aromatic carbocycles. The first-order valence-corrected chi connectivity index (χ1v) is 8.21. The molecule has 0 saturated carbocycles. The molecule has 2 aromatic rings. The van der Waals surface area contributed by atoms with E-state index < -0.39 is 0 Å². The zero-order valence-corrected chi connectivity index (χ0v) is 14.7. The van der Waals surface area contributed by atoms with E-state index in [9.17, 15) is 0 Å². The lowest BCUT2D eigenvalue weighted by Gasteiger charge is -2.14. The first-order chi connectivity index (χ1) is 8.56. The molecule has 18 heavy (non-hydrogen) atoms. The van der Waals surface area contributed by atoms with Crippen molar-refractivity contribution < 1.29 is 0 Å². The van der Waals surface area contributed by atoms with Crippen molar-refractivity contribution >= 4 is 47.8 Å². The highest BCUT2D eigenvalue weighted by Crippen LogP contribution is 2.31. The van der Waals surface area contributed by atoms with Crippen LogP contribution in [0.3, 0.4) is 0 Å². The second-order valence-electron chi connectivity index (χ2n) is 4.30. The molecule has 0 radical (unpaired) electrons. The minimum atomic E-state index is 0.344. The largest absolute Gasteiger partial charge is 0.0835 e. The van der Waals surface area contributed by atoms with Crippen molar-refractivity contribution in [2.24, 2.45) is 0 Å². The van der Waals surface area contributed by atoms with E-state index in [0.717, 1.165) is 15.4 Å². The maximum Gasteiger partial charge on any atom is 0.0438 e. The van der Waals surface area contributed by atoms with Gasteiger partial charge in [-0.15, -0.1) is 0 Å². The second-order valence-corrected chi connectivity index (χ2v) is 7.24. The molecule has 0 N–H and O–H groups in total. The Morgan fingerprint density at radius 3 is 2.22 bits per heavy atom. The van der Waals surface area contributed by atoms with Gasteiger partial charge < -0.3 is 0 Å². The van der Waals surface area contributed by atoms with Crippen molar-refractivity contribution in [2.45, 2.75) is 18.2 Å². The predicted molar refractivity (Wildman–Crippen MR) is 88.4 cm³/mol. The van der Waals surface area contributed by atoms with Gasteiger partial charge in [-0.25, -0.2) is 0 Å². The van der Waals surface area contributed by atoms with E-state index in [4.69, 9.17) is 0 Å². The molecule has 0 saturated heterocycles. The third kappa shape index (κ3) is 3.69. The van der Waals surface area contributed by atoms with Crippen LogP contribution >= 0.6 is 47.8 Å². The van der Waals surface area contributed by atoms with Gasteiger partial charge in [0.2, 0.25) is 0 Å². The Balaban J connectivity index is 2.18. The summed E-state index contributed by atoms with van der Waals surface area (Å²) in [6.45, 7) is 2.15. The Morgan fingerprint density at radius 1 is 0.944 bits per heavy atom. The van der Waals surface area contributed by atoms with Crippen LogP contribution in [0.2, 0.25) is 0 Å². The van der Waals surface area contributed by atoms with Crippen LogP contribution < -0.4 is 0 Å². The average molecular weight is 433 g/mol. The van der Waals surface area contributed by atoms with Crippen molar-refractivity contribution in [3.63, 3.8) is 0 Å². The van der Waals surface area contributed by atoms with E-state index in [-0.39, 0.29) is 0 Å². The number of benzene rings is 2. The average Bonchev–Trinajstić information content (AvgIpc) is 2.35. The summed E-state index contributed by atoms with van der Waals surface area (Å²) in [7, 11) is 0. The molecule has 1 atom stereocenters. The van der Waals surface area contributed by atoms with Gasteiger partial charge in [-0.2, -0.15) is 0 Å². The fraction of sp³-hybridized carbons (Fsp3) is 0.200. The fourth-order valence-electron chi connectivity index (χ4n) is 1.89. The second kappa shape index (κ2) is 6.36. The summed E-state index contributed by atoms with van der Waals surface area (Å²) in [5.74, 6) is 0. The van der Waals surface area contributed by atoms with E-state index in [2.05, 4.69) is 97.2 Å². The maximum atomic E-state index is 3.79. The van der Waals surface area contributed by atoms with Gasteiger partial charge in [0.05, 0.1) is 0 Å². The van der Waals surface area contributed by atoms with Gasteiger partial charge >= 0.3 is 0 Å². The summed E-state index contributed by atoms with van der Waals surface area (Å²) in [6.07, 6.45) is 0.991. The quantitative estimate of drug-likeness (QED) is 0.506. The van der Waals surface area contributed by atoms with Gasteiger partial charge in [-0.05, 0) is 54.3 Å². The molecule has 94 valence electrons. The summed E-state index contributed by atoms with van der Waals surface area (Å²) in [4.78, 5) is 0.344. The van der Waals surface area contributed by atoms with E-state index >= 15 is 0 Å². The lowest BCUT2D eigenvalue weighted by molar-refractivity contribution is 0.937. The third-order valence-corrected chi connectivity index (χ3v) is 4.75. The van der Waals surface area contributed by atoms with Crippen LogP contribution in [0.15, 0.2) is 51.4 Å². The van der Waals surface area contributed by atoms with E-state index in [1.54, 1.807) is 0 Å². The molecule has 0 amide bonds. The number of aryl methyl sites for hydroxylation is 1. The minimum Gasteiger partial charge on any atom is -0.0835 e. The lowest BCUT2D eigenvalue weighted by atomic mass is 10.0. The molecule has 0 aliphatic heterocycles. The standard InChI is InChI=1S/C15H13Br3/c1-10-2-5-13(17)9-14(10)15(18)8-11-3-6-12(16)7-4-11/h2-7,9,15H,8H2,1H3. The first kappa shape index (κ1) is 14.3. The van der Waals surface area contributed by atoms with Gasteiger partial charge in [0.25, 0.3) is 0 Å². The van der Waals surface area contributed by atoms with Crippen molar-refractivity contribution in [3.8, 4) is 0 Å². The number of halogens is 3. The molecule has 3 heteroatoms. The predicted octanol–water partition coefficient (Wildman–Crippen LogP) is 6.20. The van der Waals surface area contributed by atoms with Crippen LogP contribution in [-0.2, 0) is 6.42 Å². The van der Waals surface area contributed by atoms with Crippen LogP contribution in [-0.4, -0.2) is 0 Å². The molecular formula is C15H13Br3. The highest BCUT2D eigenvalue weighted by Gasteiger charge is 2.11. The molecule has 0 spiro atoms. The summed E-state index contributed by atoms with van der Waals surface area (Å²) >= 11 is 10.8. The highest BCUT2D eigenvalue weighted by atomic mass is 79.9. The minimum absolute atomic E-state index is 0.344. The molecule has 0 aromatic heterocycles. The molecule has 2 rings (SSSR count). The van der Waals surface area contributed by atoms with E-state index in [0.29, 0.717) is 4.83 Å². The zero-order valence-electron chi connectivity index (χ0n) is 9.96. The van der Waals surface area contributed by atoms with Crippen LogP contribution in [0.25, 0.3) is 0 Å². The van der Waals surface area contributed by atoms with Gasteiger partial charge in [-0.3, -0.25) is 0 Å². The zero-order chi connectivity index (χ0) is 13.1. The summed E-state index contributed by atoms with van der Waals surface area (Å²) in [5, 5.41) is 0. The maximum absolute atomic E-state index is 3.79. The van der Waals surface area contributed by atoms with Gasteiger partial charge in [0.1, 0.15) is 0 Å². The summed E-state index contributed by atoms with van der Waals surface area (Å²) in [6, 6.07) is 14.9. The first-order valence-electron chi connectivity index (χ1n) is 5.71. The SMILES string of the molecule is Cc1ccc(Br)cc1C(Br)Cc1ccc(Br)cc1. The smallest absolute Gasteiger partial charge is 0.0438 e. The van der Waals surface area contributed by atoms with Crippen molar-refractivity contribution in [1.29, 1.82) is 0 Å². The van der Waals surface area contributed by atoms with E-state index in [1.807, 2.05) is 0 Å². The Labute approximate surface area is 133 Å². The molecule has 0 heterocycles. The van der Waals surface area contributed by atoms with Crippen LogP contribution in [0.5, 0.6) is 0 Å². The molecule has 1 unspecified atom stereocenters. The Hall–Kier alpha value is -0.120. The number of hydrogen-bond acceptors (Lipinski definition) is 0. The van der Waals surface area contributed by atoms with Gasteiger partial charge in [-0.1, -0.05) is 66.0 Å². The highest BCUT2D eigenvalue weighted by molar-refractivity contribution is 9.10. The Bertz CT molecular complexity index is 532. The summed E-state index contributed by atoms with van der Waals surface area (Å²) in [5.41, 5.74) is 3.99. The van der Waals surface area contributed by atoms with Crippen LogP contribution in [0, 0.1) is 6.92 Å². The van der Waals surface area contributed by atoms with Gasteiger partial charge in [0.15, 0.2) is 0 Å². The fourth-order valence-corrected chi connectivity index (χ4v) is 3.40. The molecule has 0 aliphatic carbocycles. The molecule has 0 nitrogen and oxygen atoms in total. The van der Waals surface area contributed by atoms with Gasteiger partial charge in [0, 0.05) is 13.8 Å². The van der Waals surface area contributed by atoms with E-state index in [1.165, 1.54) is 16.7 Å². The summed E-state index contributed by atoms with van der Waals surface area (Å²) < 4.78 is 2.25. The Kier molecular flexibility index (Phi) is 5.05. The normalized spacial score (nSPS) is 12.4. The molecular weight excluding hydrogens is 420 g/mol. The topological polar surface area (TPSA) is 0 Å². The van der Waals surface area contributed by atoms with Crippen molar-refractivity contribution in [1.82, 2.24) is 0 Å². The molecule has 0 bridgehead atoms. The Morgan fingerprint density at radius 2 is 1.56 bits per heavy atom. The third-order valence-electron chi connectivity index (χ3n) is 2.91. The molecule has 0 aliphatic rings. The lowest BCUT2D eigenvalue weighted by Crippen LogP contribution is -1.98. The van der Waals surface area contributed by atoms with Crippen LogP contribution in [0.4, 0.5) is 0 Å².